The van der Waals surface area contributed by atoms with Gasteiger partial charge in [-0.15, -0.1) is 0 Å². The number of carbonyl (C=O) groups is 2. The first-order chi connectivity index (χ1) is 14.7. The molecule has 1 N–H and O–H groups in total. The Kier molecular flexibility index (Phi) is 6.81. The number of benzene rings is 1. The van der Waals surface area contributed by atoms with E-state index >= 15 is 0 Å². The van der Waals surface area contributed by atoms with E-state index in [-0.39, 0.29) is 17.7 Å². The summed E-state index contributed by atoms with van der Waals surface area (Å²) in [5.41, 5.74) is 2.37. The minimum atomic E-state index is -0.191. The Morgan fingerprint density at radius 3 is 2.60 bits per heavy atom. The van der Waals surface area contributed by atoms with E-state index in [9.17, 15) is 9.59 Å². The Hall–Kier alpha value is -2.64. The highest BCUT2D eigenvalue weighted by Crippen LogP contribution is 2.20. The van der Waals surface area contributed by atoms with Crippen LogP contribution in [-0.2, 0) is 22.6 Å². The molecule has 7 nitrogen and oxygen atoms in total. The van der Waals surface area contributed by atoms with Crippen molar-refractivity contribution in [2.75, 3.05) is 39.4 Å². The summed E-state index contributed by atoms with van der Waals surface area (Å²) in [6, 6.07) is 11.6. The van der Waals surface area contributed by atoms with Crippen molar-refractivity contribution in [3.05, 3.63) is 59.5 Å². The zero-order valence-electron chi connectivity index (χ0n) is 17.2. The Labute approximate surface area is 177 Å². The predicted molar refractivity (Wildman–Crippen MR) is 112 cm³/mol. The van der Waals surface area contributed by atoms with E-state index in [0.29, 0.717) is 25.4 Å². The largest absolute Gasteiger partial charge is 0.459 e. The van der Waals surface area contributed by atoms with E-state index in [2.05, 4.69) is 22.3 Å². The molecule has 0 spiro atoms. The fraction of sp³-hybridized carbons (Fsp3) is 0.478. The van der Waals surface area contributed by atoms with Gasteiger partial charge in [0, 0.05) is 39.3 Å². The molecule has 2 aromatic rings. The third-order valence-electron chi connectivity index (χ3n) is 5.88. The number of hydrogen-bond acceptors (Lipinski definition) is 5. The average molecular weight is 412 g/mol. The lowest BCUT2D eigenvalue weighted by Gasteiger charge is -2.31. The molecule has 4 rings (SSSR count). The van der Waals surface area contributed by atoms with E-state index < -0.39 is 0 Å². The van der Waals surface area contributed by atoms with Gasteiger partial charge in [-0.2, -0.15) is 0 Å². The van der Waals surface area contributed by atoms with E-state index in [0.717, 1.165) is 51.3 Å². The smallest absolute Gasteiger partial charge is 0.289 e. The molecule has 2 fully saturated rings. The lowest BCUT2D eigenvalue weighted by atomic mass is 9.96. The van der Waals surface area contributed by atoms with Gasteiger partial charge in [-0.05, 0) is 36.1 Å². The maximum atomic E-state index is 12.8. The average Bonchev–Trinajstić information content (AvgIpc) is 3.33. The van der Waals surface area contributed by atoms with Crippen LogP contribution in [0.1, 0.15) is 34.5 Å². The number of morpholine rings is 1. The number of piperidine rings is 1. The van der Waals surface area contributed by atoms with Gasteiger partial charge in [0.15, 0.2) is 5.76 Å². The van der Waals surface area contributed by atoms with Crippen LogP contribution < -0.4 is 5.32 Å². The number of carbonyl (C=O) groups excluding carboxylic acids is 2. The molecule has 2 aliphatic heterocycles. The number of hydrogen-bond donors (Lipinski definition) is 1. The molecule has 30 heavy (non-hydrogen) atoms. The summed E-state index contributed by atoms with van der Waals surface area (Å²) in [6.45, 7) is 5.87. The number of furan rings is 1. The second-order valence-electron chi connectivity index (χ2n) is 7.94. The normalized spacial score (nSPS) is 20.1. The molecule has 1 atom stereocenters. The second-order valence-corrected chi connectivity index (χ2v) is 7.94. The van der Waals surface area contributed by atoms with Gasteiger partial charge >= 0.3 is 0 Å². The van der Waals surface area contributed by atoms with Gasteiger partial charge in [-0.3, -0.25) is 14.5 Å². The molecular weight excluding hydrogens is 382 g/mol. The third-order valence-corrected chi connectivity index (χ3v) is 5.88. The Balaban J connectivity index is 1.32. The van der Waals surface area contributed by atoms with Crippen molar-refractivity contribution in [3.8, 4) is 0 Å². The molecule has 1 unspecified atom stereocenters. The van der Waals surface area contributed by atoms with E-state index in [1.807, 2.05) is 12.1 Å². The van der Waals surface area contributed by atoms with Crippen LogP contribution in [0.15, 0.2) is 47.1 Å². The van der Waals surface area contributed by atoms with Crippen molar-refractivity contribution in [1.29, 1.82) is 0 Å². The van der Waals surface area contributed by atoms with Gasteiger partial charge in [0.05, 0.1) is 25.4 Å². The maximum Gasteiger partial charge on any atom is 0.289 e. The van der Waals surface area contributed by atoms with E-state index in [1.165, 1.54) is 11.8 Å². The van der Waals surface area contributed by atoms with Crippen molar-refractivity contribution in [2.45, 2.75) is 25.9 Å². The number of nitrogens with one attached hydrogen (secondary N) is 1. The summed E-state index contributed by atoms with van der Waals surface area (Å²) < 4.78 is 10.7. The first-order valence-electron chi connectivity index (χ1n) is 10.7. The standard InChI is InChI=1S/C23H29N3O4/c27-22(20-7-3-9-26(17-20)23(28)21-8-4-12-30-21)24-15-18-5-1-2-6-19(18)16-25-10-13-29-14-11-25/h1-2,4-6,8,12,20H,3,7,9-11,13-17H2,(H,24,27). The monoisotopic (exact) mass is 411 g/mol. The molecule has 0 bridgehead atoms. The predicted octanol–water partition coefficient (Wildman–Crippen LogP) is 2.28. The number of likely N-dealkylation sites (tertiary alicyclic amines) is 1. The quantitative estimate of drug-likeness (QED) is 0.789. The van der Waals surface area contributed by atoms with Crippen LogP contribution in [0.3, 0.4) is 0 Å². The van der Waals surface area contributed by atoms with Gasteiger partial charge in [0.25, 0.3) is 5.91 Å². The number of nitrogens with zero attached hydrogens (tertiary/aromatic N) is 2. The Bertz CT molecular complexity index is 846. The molecule has 0 aliphatic carbocycles. The lowest BCUT2D eigenvalue weighted by Crippen LogP contribution is -2.45. The van der Waals surface area contributed by atoms with Gasteiger partial charge in [0.2, 0.25) is 5.91 Å². The van der Waals surface area contributed by atoms with Crippen LogP contribution in [0.25, 0.3) is 0 Å². The minimum Gasteiger partial charge on any atom is -0.459 e. The summed E-state index contributed by atoms with van der Waals surface area (Å²) in [5, 5.41) is 3.10. The van der Waals surface area contributed by atoms with Crippen molar-refractivity contribution in [3.63, 3.8) is 0 Å². The summed E-state index contributed by atoms with van der Waals surface area (Å²) in [5.74, 6) is -0.00126. The molecule has 160 valence electrons. The molecule has 3 heterocycles. The summed E-state index contributed by atoms with van der Waals surface area (Å²) in [6.07, 6.45) is 3.11. The number of rotatable bonds is 6. The Morgan fingerprint density at radius 2 is 1.83 bits per heavy atom. The molecule has 2 saturated heterocycles. The number of amides is 2. The summed E-state index contributed by atoms with van der Waals surface area (Å²) in [7, 11) is 0. The Morgan fingerprint density at radius 1 is 1.03 bits per heavy atom. The molecule has 2 amide bonds. The third kappa shape index (κ3) is 5.09. The van der Waals surface area contributed by atoms with Crippen molar-refractivity contribution >= 4 is 11.8 Å². The van der Waals surface area contributed by atoms with Crippen LogP contribution in [0.4, 0.5) is 0 Å². The van der Waals surface area contributed by atoms with Gasteiger partial charge < -0.3 is 19.4 Å². The number of ether oxygens (including phenoxy) is 1. The van der Waals surface area contributed by atoms with E-state index in [4.69, 9.17) is 9.15 Å². The van der Waals surface area contributed by atoms with Crippen LogP contribution in [0.5, 0.6) is 0 Å². The topological polar surface area (TPSA) is 75.0 Å². The van der Waals surface area contributed by atoms with Crippen molar-refractivity contribution in [2.24, 2.45) is 5.92 Å². The van der Waals surface area contributed by atoms with E-state index in [1.54, 1.807) is 17.0 Å². The van der Waals surface area contributed by atoms with Gasteiger partial charge in [-0.25, -0.2) is 0 Å². The van der Waals surface area contributed by atoms with Crippen molar-refractivity contribution < 1.29 is 18.7 Å². The minimum absolute atomic E-state index is 0.00752. The highest BCUT2D eigenvalue weighted by molar-refractivity contribution is 5.92. The zero-order chi connectivity index (χ0) is 20.8. The zero-order valence-corrected chi connectivity index (χ0v) is 17.2. The molecular formula is C23H29N3O4. The fourth-order valence-electron chi connectivity index (χ4n) is 4.14. The molecule has 1 aromatic heterocycles. The molecule has 7 heteroatoms. The highest BCUT2D eigenvalue weighted by Gasteiger charge is 2.29. The van der Waals surface area contributed by atoms with Gasteiger partial charge in [-0.1, -0.05) is 24.3 Å². The second kappa shape index (κ2) is 9.91. The first-order valence-corrected chi connectivity index (χ1v) is 10.7. The van der Waals surface area contributed by atoms with Crippen LogP contribution in [-0.4, -0.2) is 61.0 Å². The molecule has 1 aromatic carbocycles. The van der Waals surface area contributed by atoms with Crippen molar-refractivity contribution in [1.82, 2.24) is 15.1 Å². The highest BCUT2D eigenvalue weighted by atomic mass is 16.5. The fourth-order valence-corrected chi connectivity index (χ4v) is 4.14. The lowest BCUT2D eigenvalue weighted by molar-refractivity contribution is -0.126. The van der Waals surface area contributed by atoms with Gasteiger partial charge in [0.1, 0.15) is 0 Å². The van der Waals surface area contributed by atoms with Crippen LogP contribution in [0.2, 0.25) is 0 Å². The molecule has 2 aliphatic rings. The SMILES string of the molecule is O=C(NCc1ccccc1CN1CCOCC1)C1CCCN(C(=O)c2ccco2)C1. The van der Waals surface area contributed by atoms with Crippen LogP contribution >= 0.6 is 0 Å². The van der Waals surface area contributed by atoms with Crippen LogP contribution in [0, 0.1) is 5.92 Å². The first kappa shape index (κ1) is 20.6. The maximum absolute atomic E-state index is 12.8. The summed E-state index contributed by atoms with van der Waals surface area (Å²) in [4.78, 5) is 29.5. The molecule has 0 radical (unpaired) electrons. The summed E-state index contributed by atoms with van der Waals surface area (Å²) >= 11 is 0. The molecule has 0 saturated carbocycles.